The van der Waals surface area contributed by atoms with Gasteiger partial charge < -0.3 is 24.5 Å². The Kier molecular flexibility index (Phi) is 5.81. The molecule has 0 bridgehead atoms. The Bertz CT molecular complexity index is 1210. The van der Waals surface area contributed by atoms with E-state index in [4.69, 9.17) is 18.9 Å². The molecule has 0 spiro atoms. The normalized spacial score (nSPS) is 23.6. The van der Waals surface area contributed by atoms with Crippen LogP contribution in [0.4, 0.5) is 5.95 Å². The second-order valence-corrected chi connectivity index (χ2v) is 8.74. The monoisotopic (exact) mass is 455 g/mol. The molecule has 2 fully saturated rings. The highest BCUT2D eigenvalue weighted by Crippen LogP contribution is 2.28. The van der Waals surface area contributed by atoms with Gasteiger partial charge in [-0.05, 0) is 29.3 Å². The summed E-state index contributed by atoms with van der Waals surface area (Å²) in [7, 11) is 0. The van der Waals surface area contributed by atoms with Crippen LogP contribution in [0.2, 0.25) is 0 Å². The Hall–Kier alpha value is -3.52. The van der Waals surface area contributed by atoms with Gasteiger partial charge in [-0.25, -0.2) is 9.97 Å². The Morgan fingerprint density at radius 2 is 1.62 bits per heavy atom. The second kappa shape index (κ2) is 9.38. The van der Waals surface area contributed by atoms with Gasteiger partial charge in [0.2, 0.25) is 5.95 Å². The Morgan fingerprint density at radius 3 is 2.44 bits per heavy atom. The van der Waals surface area contributed by atoms with Crippen LogP contribution in [0.5, 0.6) is 0 Å². The van der Waals surface area contributed by atoms with Crippen LogP contribution >= 0.6 is 0 Å². The van der Waals surface area contributed by atoms with E-state index in [9.17, 15) is 0 Å². The van der Waals surface area contributed by atoms with Crippen molar-refractivity contribution in [2.24, 2.45) is 0 Å². The minimum atomic E-state index is -0.0183. The molecule has 4 aromatic rings. The van der Waals surface area contributed by atoms with Gasteiger partial charge in [-0.15, -0.1) is 0 Å². The molecule has 172 valence electrons. The first-order valence-electron chi connectivity index (χ1n) is 11.7. The van der Waals surface area contributed by atoms with Gasteiger partial charge in [0.05, 0.1) is 24.6 Å². The summed E-state index contributed by atoms with van der Waals surface area (Å²) in [5.74, 6) is 1.55. The number of rotatable bonds is 7. The summed E-state index contributed by atoms with van der Waals surface area (Å²) >= 11 is 0. The van der Waals surface area contributed by atoms with Gasteiger partial charge in [-0.1, -0.05) is 54.6 Å². The number of nitrogens with zero attached hydrogens (tertiary/aromatic N) is 2. The average Bonchev–Trinajstić information content (AvgIpc) is 3.64. The average molecular weight is 456 g/mol. The number of benzene rings is 2. The molecule has 7 heteroatoms. The van der Waals surface area contributed by atoms with E-state index in [1.54, 1.807) is 12.5 Å². The zero-order valence-electron chi connectivity index (χ0n) is 18.7. The van der Waals surface area contributed by atoms with E-state index >= 15 is 0 Å². The molecule has 0 radical (unpaired) electrons. The van der Waals surface area contributed by atoms with Gasteiger partial charge >= 0.3 is 0 Å². The molecule has 7 nitrogen and oxygen atoms in total. The van der Waals surface area contributed by atoms with Crippen LogP contribution in [0.1, 0.15) is 5.76 Å². The molecule has 0 saturated carbocycles. The van der Waals surface area contributed by atoms with Gasteiger partial charge in [-0.2, -0.15) is 0 Å². The fourth-order valence-electron chi connectivity index (χ4n) is 4.77. The van der Waals surface area contributed by atoms with Crippen LogP contribution in [-0.2, 0) is 16.0 Å². The molecular formula is C27H27N4O3+. The summed E-state index contributed by atoms with van der Waals surface area (Å²) < 4.78 is 17.7. The lowest BCUT2D eigenvalue weighted by atomic mass is 10.0. The van der Waals surface area contributed by atoms with Crippen molar-refractivity contribution in [2.75, 3.05) is 18.5 Å². The van der Waals surface area contributed by atoms with Crippen molar-refractivity contribution in [1.29, 1.82) is 0 Å². The van der Waals surface area contributed by atoms with E-state index < -0.39 is 0 Å². The second-order valence-electron chi connectivity index (χ2n) is 8.74. The van der Waals surface area contributed by atoms with Crippen LogP contribution in [0.3, 0.4) is 0 Å². The summed E-state index contributed by atoms with van der Waals surface area (Å²) in [6.45, 7) is 2.00. The molecule has 2 aliphatic heterocycles. The molecule has 0 aliphatic carbocycles. The highest BCUT2D eigenvalue weighted by molar-refractivity contribution is 5.69. The number of furan rings is 1. The number of nitrogens with two attached hydrogens (primary N) is 1. The molecule has 4 heterocycles. The predicted molar refractivity (Wildman–Crippen MR) is 128 cm³/mol. The van der Waals surface area contributed by atoms with Crippen molar-refractivity contribution < 1.29 is 19.2 Å². The zero-order chi connectivity index (χ0) is 22.7. The van der Waals surface area contributed by atoms with Crippen LogP contribution in [0.15, 0.2) is 89.7 Å². The molecule has 3 N–H and O–H groups in total. The van der Waals surface area contributed by atoms with Gasteiger partial charge in [0.15, 0.2) is 5.76 Å². The number of fused-ring (bicyclic) bond motifs is 1. The molecule has 2 saturated heterocycles. The van der Waals surface area contributed by atoms with E-state index in [-0.39, 0.29) is 24.3 Å². The first-order chi connectivity index (χ1) is 16.8. The van der Waals surface area contributed by atoms with Crippen molar-refractivity contribution >= 4 is 5.95 Å². The Balaban J connectivity index is 1.11. The van der Waals surface area contributed by atoms with Crippen LogP contribution in [0.25, 0.3) is 22.4 Å². The first kappa shape index (κ1) is 21.0. The molecule has 0 unspecified atom stereocenters. The first-order valence-corrected chi connectivity index (χ1v) is 11.7. The zero-order valence-corrected chi connectivity index (χ0v) is 18.7. The van der Waals surface area contributed by atoms with E-state index in [0.717, 1.165) is 23.6 Å². The number of aromatic nitrogens is 2. The maximum Gasteiger partial charge on any atom is 0.223 e. The van der Waals surface area contributed by atoms with Crippen LogP contribution < -0.4 is 10.6 Å². The van der Waals surface area contributed by atoms with Gasteiger partial charge in [0, 0.05) is 11.8 Å². The number of hydrogen-bond acceptors (Lipinski definition) is 6. The largest absolute Gasteiger partial charge is 0.463 e. The molecular weight excluding hydrogens is 428 g/mol. The van der Waals surface area contributed by atoms with Crippen molar-refractivity contribution in [3.05, 3.63) is 91.0 Å². The highest BCUT2D eigenvalue weighted by atomic mass is 16.6. The Labute approximate surface area is 198 Å². The SMILES string of the molecule is c1ccc(-c2ccc(-c3ccnc(N[C@H]4CO[C@H]5[C@@H]4OC[C@@H]5[NH2+]Cc4ccco4)n3)cc2)cc1. The minimum Gasteiger partial charge on any atom is -0.463 e. The summed E-state index contributed by atoms with van der Waals surface area (Å²) in [6.07, 6.45) is 3.52. The smallest absolute Gasteiger partial charge is 0.223 e. The number of quaternary nitrogens is 1. The molecule has 0 amide bonds. The third kappa shape index (κ3) is 4.33. The fourth-order valence-corrected chi connectivity index (χ4v) is 4.77. The van der Waals surface area contributed by atoms with E-state index in [2.05, 4.69) is 64.1 Å². The number of hydrogen-bond donors (Lipinski definition) is 2. The highest BCUT2D eigenvalue weighted by Gasteiger charge is 2.50. The van der Waals surface area contributed by atoms with E-state index in [1.807, 2.05) is 24.3 Å². The quantitative estimate of drug-likeness (QED) is 0.445. The maximum absolute atomic E-state index is 6.11. The van der Waals surface area contributed by atoms with Crippen LogP contribution in [0, 0.1) is 0 Å². The molecule has 4 atom stereocenters. The van der Waals surface area contributed by atoms with E-state index in [1.165, 1.54) is 11.1 Å². The summed E-state index contributed by atoms with van der Waals surface area (Å²) in [6, 6.07) is 24.9. The van der Waals surface area contributed by atoms with Gasteiger partial charge in [-0.3, -0.25) is 0 Å². The summed E-state index contributed by atoms with van der Waals surface area (Å²) in [5, 5.41) is 5.68. The maximum atomic E-state index is 6.11. The standard InChI is InChI=1S/C27H26N4O3/c1-2-5-18(6-3-1)19-8-10-20(11-9-19)22-12-13-28-27(30-22)31-24-17-34-25-23(16-33-26(24)25)29-15-21-7-4-14-32-21/h1-14,23-26,29H,15-17H2,(H,28,30,31)/p+1/t23-,24-,25+,26+/m0/s1. The predicted octanol–water partition coefficient (Wildman–Crippen LogP) is 3.11. The molecule has 6 rings (SSSR count). The lowest BCUT2D eigenvalue weighted by Crippen LogP contribution is -2.91. The minimum absolute atomic E-state index is 0.0164. The van der Waals surface area contributed by atoms with Crippen molar-refractivity contribution in [3.8, 4) is 22.4 Å². The van der Waals surface area contributed by atoms with E-state index in [0.29, 0.717) is 19.2 Å². The summed E-state index contributed by atoms with van der Waals surface area (Å²) in [5.41, 5.74) is 4.31. The lowest BCUT2D eigenvalue weighted by molar-refractivity contribution is -0.709. The number of ether oxygens (including phenoxy) is 2. The third-order valence-electron chi connectivity index (χ3n) is 6.55. The number of nitrogens with one attached hydrogen (secondary N) is 1. The van der Waals surface area contributed by atoms with Crippen molar-refractivity contribution in [3.63, 3.8) is 0 Å². The molecule has 2 aromatic carbocycles. The van der Waals surface area contributed by atoms with Gasteiger partial charge in [0.1, 0.15) is 31.4 Å². The molecule has 2 aliphatic rings. The van der Waals surface area contributed by atoms with Crippen LogP contribution in [-0.4, -0.2) is 47.5 Å². The third-order valence-corrected chi connectivity index (χ3v) is 6.55. The molecule has 2 aromatic heterocycles. The van der Waals surface area contributed by atoms with Crippen molar-refractivity contribution in [1.82, 2.24) is 9.97 Å². The molecule has 34 heavy (non-hydrogen) atoms. The Morgan fingerprint density at radius 1 is 0.824 bits per heavy atom. The topological polar surface area (TPSA) is 86.0 Å². The summed E-state index contributed by atoms with van der Waals surface area (Å²) in [4.78, 5) is 9.20. The fraction of sp³-hybridized carbons (Fsp3) is 0.259. The van der Waals surface area contributed by atoms with Crippen molar-refractivity contribution in [2.45, 2.75) is 30.8 Å². The van der Waals surface area contributed by atoms with Gasteiger partial charge in [0.25, 0.3) is 0 Å². The number of anilines is 1. The lowest BCUT2D eigenvalue weighted by Gasteiger charge is -2.17.